The minimum Gasteiger partial charge on any atom is -0.478 e. The van der Waals surface area contributed by atoms with Crippen LogP contribution in [0.2, 0.25) is 19.6 Å². The van der Waals surface area contributed by atoms with Crippen molar-refractivity contribution >= 4 is 37.4 Å². The van der Waals surface area contributed by atoms with Gasteiger partial charge in [-0.25, -0.2) is 19.3 Å². The first-order chi connectivity index (χ1) is 14.3. The van der Waals surface area contributed by atoms with Crippen LogP contribution in [0.15, 0.2) is 23.2 Å². The number of guanidine groups is 1. The minimum absolute atomic E-state index is 0.0491. The number of amides is 2. The fourth-order valence-corrected chi connectivity index (χ4v) is 4.42. The summed E-state index contributed by atoms with van der Waals surface area (Å²) in [5.74, 6) is -1.41. The molecule has 0 bridgehead atoms. The molecule has 0 radical (unpaired) electrons. The summed E-state index contributed by atoms with van der Waals surface area (Å²) in [4.78, 5) is 41.3. The lowest BCUT2D eigenvalue weighted by molar-refractivity contribution is 0.0355. The molecule has 2 amide bonds. The Labute approximate surface area is 190 Å². The third-order valence-corrected chi connectivity index (χ3v) is 6.06. The molecule has 178 valence electrons. The number of carboxylic acids is 1. The number of carboxylic acid groups (broad SMARTS) is 1. The molecular weight excluding hydrogens is 430 g/mol. The molecule has 0 spiro atoms. The third kappa shape index (κ3) is 8.70. The summed E-state index contributed by atoms with van der Waals surface area (Å²) in [5, 5.41) is 10.2. The van der Waals surface area contributed by atoms with Crippen LogP contribution in [0.4, 0.5) is 9.59 Å². The number of hydrogen-bond acceptors (Lipinski definition) is 5. The topological polar surface area (TPSA) is 132 Å². The van der Waals surface area contributed by atoms with Gasteiger partial charge in [-0.15, -0.1) is 4.99 Å². The van der Waals surface area contributed by atoms with Crippen molar-refractivity contribution in [1.29, 1.82) is 0 Å². The molecule has 0 atom stereocenters. The van der Waals surface area contributed by atoms with Crippen LogP contribution < -0.4 is 10.9 Å². The Bertz CT molecular complexity index is 908. The van der Waals surface area contributed by atoms with E-state index in [-0.39, 0.29) is 18.1 Å². The molecule has 1 rings (SSSR count). The second kappa shape index (κ2) is 9.72. The molecule has 0 aliphatic carbocycles. The number of carbonyl (C=O) groups excluding carboxylic acids is 2. The van der Waals surface area contributed by atoms with Crippen molar-refractivity contribution in [3.05, 3.63) is 29.3 Å². The summed E-state index contributed by atoms with van der Waals surface area (Å²) >= 11 is 0. The molecule has 0 aliphatic heterocycles. The van der Waals surface area contributed by atoms with Gasteiger partial charge in [0.25, 0.3) is 0 Å². The van der Waals surface area contributed by atoms with E-state index in [1.165, 1.54) is 6.07 Å². The molecule has 0 unspecified atom stereocenters. The average molecular weight is 466 g/mol. The summed E-state index contributed by atoms with van der Waals surface area (Å²) in [6, 6.07) is 4.74. The fraction of sp³-hybridized carbons (Fsp3) is 0.545. The first-order valence-electron chi connectivity index (χ1n) is 10.2. The number of hydrogen-bond donors (Lipinski definition) is 2. The van der Waals surface area contributed by atoms with E-state index in [1.807, 2.05) is 0 Å². The number of nitrogens with zero attached hydrogens (tertiary/aromatic N) is 2. The molecule has 3 N–H and O–H groups in total. The van der Waals surface area contributed by atoms with Crippen molar-refractivity contribution in [2.45, 2.75) is 78.9 Å². The van der Waals surface area contributed by atoms with Crippen molar-refractivity contribution in [2.24, 2.45) is 10.7 Å². The van der Waals surface area contributed by atoms with E-state index >= 15 is 0 Å². The van der Waals surface area contributed by atoms with Gasteiger partial charge in [-0.1, -0.05) is 30.9 Å². The van der Waals surface area contributed by atoms with Gasteiger partial charge in [0.05, 0.1) is 20.2 Å². The maximum Gasteiger partial charge on any atom is 0.437 e. The molecule has 1 aromatic rings. The molecule has 10 heteroatoms. The quantitative estimate of drug-likeness (QED) is 0.391. The smallest absolute Gasteiger partial charge is 0.437 e. The van der Waals surface area contributed by atoms with Crippen molar-refractivity contribution in [1.82, 2.24) is 4.90 Å². The number of aromatic carboxylic acids is 1. The van der Waals surface area contributed by atoms with Gasteiger partial charge in [-0.05, 0) is 59.2 Å². The summed E-state index contributed by atoms with van der Waals surface area (Å²) in [5.41, 5.74) is 5.30. The zero-order valence-electron chi connectivity index (χ0n) is 20.4. The van der Waals surface area contributed by atoms with Gasteiger partial charge < -0.3 is 20.3 Å². The Morgan fingerprint density at radius 2 is 1.56 bits per heavy atom. The van der Waals surface area contributed by atoms with Gasteiger partial charge in [0.15, 0.2) is 0 Å². The van der Waals surface area contributed by atoms with E-state index in [1.54, 1.807) is 53.7 Å². The molecular formula is C22H35N3O6Si. The minimum atomic E-state index is -2.02. The summed E-state index contributed by atoms with van der Waals surface area (Å²) < 4.78 is 10.6. The highest BCUT2D eigenvalue weighted by Gasteiger charge is 2.29. The predicted octanol–water partition coefficient (Wildman–Crippen LogP) is 3.92. The van der Waals surface area contributed by atoms with Gasteiger partial charge in [0, 0.05) is 0 Å². The van der Waals surface area contributed by atoms with Gasteiger partial charge >= 0.3 is 18.2 Å². The Morgan fingerprint density at radius 3 is 2.00 bits per heavy atom. The van der Waals surface area contributed by atoms with Crippen LogP contribution in [0, 0.1) is 0 Å². The van der Waals surface area contributed by atoms with E-state index < -0.39 is 37.4 Å². The maximum absolute atomic E-state index is 12.9. The van der Waals surface area contributed by atoms with Gasteiger partial charge in [0.2, 0.25) is 5.96 Å². The van der Waals surface area contributed by atoms with Crippen LogP contribution in [-0.2, 0) is 16.0 Å². The van der Waals surface area contributed by atoms with Crippen molar-refractivity contribution < 1.29 is 29.0 Å². The largest absolute Gasteiger partial charge is 0.478 e. The maximum atomic E-state index is 12.9. The van der Waals surface area contributed by atoms with E-state index in [0.717, 1.165) is 10.1 Å². The Hall–Kier alpha value is -2.88. The lowest BCUT2D eigenvalue weighted by Crippen LogP contribution is -2.47. The number of benzene rings is 1. The van der Waals surface area contributed by atoms with Crippen LogP contribution >= 0.6 is 0 Å². The molecule has 0 heterocycles. The van der Waals surface area contributed by atoms with Gasteiger partial charge in [0.1, 0.15) is 11.2 Å². The standard InChI is InChI=1S/C22H35N3O6Si/c1-21(2,3)30-19(28)24-18(23)25(20(29)31-22(4,5)6)13-15-11-10-14(17(26)27)12-16(15)32(7,8)9/h10-12H,13H2,1-9H3,(H,26,27)(H2,23,24,28). The van der Waals surface area contributed by atoms with Crippen LogP contribution in [-0.4, -0.2) is 53.4 Å². The molecule has 0 aromatic heterocycles. The van der Waals surface area contributed by atoms with Crippen LogP contribution in [0.3, 0.4) is 0 Å². The first kappa shape index (κ1) is 27.2. The Kier molecular flexibility index (Phi) is 8.25. The zero-order chi connectivity index (χ0) is 25.1. The fourth-order valence-electron chi connectivity index (χ4n) is 2.71. The van der Waals surface area contributed by atoms with Gasteiger partial charge in [-0.3, -0.25) is 0 Å². The highest BCUT2D eigenvalue weighted by molar-refractivity contribution is 6.89. The van der Waals surface area contributed by atoms with Crippen LogP contribution in [0.25, 0.3) is 0 Å². The predicted molar refractivity (Wildman–Crippen MR) is 126 cm³/mol. The second-order valence-electron chi connectivity index (χ2n) is 10.4. The van der Waals surface area contributed by atoms with Gasteiger partial charge in [-0.2, -0.15) is 0 Å². The lowest BCUT2D eigenvalue weighted by Gasteiger charge is -2.29. The summed E-state index contributed by atoms with van der Waals surface area (Å²) in [6.07, 6.45) is -1.72. The second-order valence-corrected chi connectivity index (χ2v) is 15.5. The number of carbonyl (C=O) groups is 3. The summed E-state index contributed by atoms with van der Waals surface area (Å²) in [6.45, 7) is 16.3. The highest BCUT2D eigenvalue weighted by atomic mass is 28.3. The number of rotatable bonds is 4. The van der Waals surface area contributed by atoms with Crippen molar-refractivity contribution in [2.75, 3.05) is 0 Å². The molecule has 32 heavy (non-hydrogen) atoms. The molecule has 1 aromatic carbocycles. The van der Waals surface area contributed by atoms with E-state index in [9.17, 15) is 19.5 Å². The molecule has 0 fully saturated rings. The van der Waals surface area contributed by atoms with E-state index in [2.05, 4.69) is 24.6 Å². The molecule has 0 aliphatic rings. The number of ether oxygens (including phenoxy) is 2. The van der Waals surface area contributed by atoms with Crippen molar-refractivity contribution in [3.63, 3.8) is 0 Å². The van der Waals surface area contributed by atoms with Crippen molar-refractivity contribution in [3.8, 4) is 0 Å². The van der Waals surface area contributed by atoms with Crippen LogP contribution in [0.5, 0.6) is 0 Å². The normalized spacial score (nSPS) is 12.8. The molecule has 0 saturated heterocycles. The average Bonchev–Trinajstić information content (AvgIpc) is 2.54. The first-order valence-corrected chi connectivity index (χ1v) is 13.7. The molecule has 9 nitrogen and oxygen atoms in total. The van der Waals surface area contributed by atoms with E-state index in [4.69, 9.17) is 15.2 Å². The number of aliphatic imine (C=N–C) groups is 1. The highest BCUT2D eigenvalue weighted by Crippen LogP contribution is 2.16. The Morgan fingerprint density at radius 1 is 1.03 bits per heavy atom. The monoisotopic (exact) mass is 465 g/mol. The SMILES string of the molecule is CC(C)(C)OC(=O)N=C(N)N(Cc1ccc(C(=O)O)cc1[Si](C)(C)C)C(=O)OC(C)(C)C. The Balaban J connectivity index is 3.46. The molecule has 0 saturated carbocycles. The zero-order valence-corrected chi connectivity index (χ0v) is 21.4. The summed E-state index contributed by atoms with van der Waals surface area (Å²) in [7, 11) is -2.02. The number of nitrogens with two attached hydrogens (primary N) is 1. The third-order valence-electron chi connectivity index (χ3n) is 3.98. The lowest BCUT2D eigenvalue weighted by atomic mass is 10.1. The van der Waals surface area contributed by atoms with E-state index in [0.29, 0.717) is 5.56 Å². The van der Waals surface area contributed by atoms with Crippen LogP contribution in [0.1, 0.15) is 57.5 Å².